The molecule has 0 atom stereocenters. The third-order valence-electron chi connectivity index (χ3n) is 3.93. The summed E-state index contributed by atoms with van der Waals surface area (Å²) in [7, 11) is 1.58. The minimum Gasteiger partial charge on any atom is -0.336 e. The number of hydrogen-bond donors (Lipinski definition) is 2. The number of H-pyrrole nitrogens is 1. The van der Waals surface area contributed by atoms with E-state index in [2.05, 4.69) is 15.5 Å². The molecule has 1 aromatic carbocycles. The van der Waals surface area contributed by atoms with Crippen molar-refractivity contribution in [2.75, 3.05) is 24.7 Å². The second kappa shape index (κ2) is 9.96. The van der Waals surface area contributed by atoms with Crippen molar-refractivity contribution < 1.29 is 9.59 Å². The van der Waals surface area contributed by atoms with E-state index in [4.69, 9.17) is 0 Å². The number of amides is 2. The molecule has 0 saturated heterocycles. The molecule has 0 unspecified atom stereocenters. The van der Waals surface area contributed by atoms with Crippen LogP contribution in [0.3, 0.4) is 0 Å². The molecule has 0 fully saturated rings. The summed E-state index contributed by atoms with van der Waals surface area (Å²) < 4.78 is 1.53. The molecule has 0 saturated carbocycles. The number of aryl methyl sites for hydroxylation is 1. The van der Waals surface area contributed by atoms with Crippen LogP contribution in [-0.2, 0) is 16.1 Å². The predicted molar refractivity (Wildman–Crippen MR) is 106 cm³/mol. The number of hydrogen-bond acceptors (Lipinski definition) is 5. The van der Waals surface area contributed by atoms with Gasteiger partial charge >= 0.3 is 5.69 Å². The minimum absolute atomic E-state index is 0.0452. The second-order valence-electron chi connectivity index (χ2n) is 6.27. The highest BCUT2D eigenvalue weighted by Crippen LogP contribution is 2.14. The van der Waals surface area contributed by atoms with Gasteiger partial charge in [0.1, 0.15) is 0 Å². The van der Waals surface area contributed by atoms with Gasteiger partial charge in [-0.25, -0.2) is 9.89 Å². The van der Waals surface area contributed by atoms with Gasteiger partial charge in [0.15, 0.2) is 5.16 Å². The number of rotatable bonds is 9. The number of benzene rings is 1. The van der Waals surface area contributed by atoms with Gasteiger partial charge in [-0.3, -0.25) is 14.2 Å². The van der Waals surface area contributed by atoms with Crippen molar-refractivity contribution in [3.05, 3.63) is 40.3 Å². The van der Waals surface area contributed by atoms with Crippen LogP contribution in [-0.4, -0.2) is 50.8 Å². The Bertz CT molecular complexity index is 828. The summed E-state index contributed by atoms with van der Waals surface area (Å²) in [6, 6.07) is 7.45. The van der Waals surface area contributed by atoms with Crippen molar-refractivity contribution in [3.8, 4) is 0 Å². The quantitative estimate of drug-likeness (QED) is 0.636. The van der Waals surface area contributed by atoms with Crippen LogP contribution < -0.4 is 11.0 Å². The summed E-state index contributed by atoms with van der Waals surface area (Å²) in [5.41, 5.74) is 1.52. The lowest BCUT2D eigenvalue weighted by atomic mass is 10.2. The van der Waals surface area contributed by atoms with Crippen molar-refractivity contribution in [3.63, 3.8) is 0 Å². The maximum Gasteiger partial charge on any atom is 0.343 e. The average molecular weight is 391 g/mol. The van der Waals surface area contributed by atoms with E-state index in [0.29, 0.717) is 17.4 Å². The third-order valence-corrected chi connectivity index (χ3v) is 4.89. The Labute approximate surface area is 162 Å². The molecule has 1 aromatic heterocycles. The Morgan fingerprint density at radius 1 is 1.30 bits per heavy atom. The summed E-state index contributed by atoms with van der Waals surface area (Å²) in [5.74, 6) is -0.374. The first-order valence-electron chi connectivity index (χ1n) is 8.79. The smallest absolute Gasteiger partial charge is 0.336 e. The van der Waals surface area contributed by atoms with Crippen LogP contribution >= 0.6 is 11.8 Å². The highest BCUT2D eigenvalue weighted by molar-refractivity contribution is 7.99. The number of likely N-dealkylation sites (N-methyl/N-ethyl adjacent to an activating group) is 1. The van der Waals surface area contributed by atoms with Crippen molar-refractivity contribution >= 4 is 29.3 Å². The van der Waals surface area contributed by atoms with E-state index < -0.39 is 0 Å². The maximum atomic E-state index is 12.3. The van der Waals surface area contributed by atoms with E-state index in [0.717, 1.165) is 18.4 Å². The number of anilines is 1. The average Bonchev–Trinajstić information content (AvgIpc) is 2.99. The van der Waals surface area contributed by atoms with Crippen LogP contribution in [0, 0.1) is 6.92 Å². The second-order valence-corrected chi connectivity index (χ2v) is 7.21. The van der Waals surface area contributed by atoms with Gasteiger partial charge in [0, 0.05) is 19.3 Å². The molecule has 2 N–H and O–H groups in total. The third kappa shape index (κ3) is 6.28. The van der Waals surface area contributed by atoms with Crippen molar-refractivity contribution in [1.29, 1.82) is 0 Å². The highest BCUT2D eigenvalue weighted by atomic mass is 32.2. The standard InChI is InChI=1S/C18H25N5O3S/c1-4-5-10-23-17(26)20-21-18(23)27-12-16(25)22(3)11-15(24)19-14-8-6-13(2)7-9-14/h6-9H,4-5,10-12H2,1-3H3,(H,19,24)(H,20,26). The van der Waals surface area contributed by atoms with Gasteiger partial charge in [0.2, 0.25) is 11.8 Å². The van der Waals surface area contributed by atoms with Crippen LogP contribution in [0.1, 0.15) is 25.3 Å². The summed E-state index contributed by atoms with van der Waals surface area (Å²) in [6.45, 7) is 4.53. The van der Waals surface area contributed by atoms with E-state index in [1.165, 1.54) is 21.2 Å². The fourth-order valence-corrected chi connectivity index (χ4v) is 3.22. The zero-order valence-corrected chi connectivity index (χ0v) is 16.6. The van der Waals surface area contributed by atoms with Crippen LogP contribution in [0.4, 0.5) is 5.69 Å². The molecule has 0 aliphatic carbocycles. The highest BCUT2D eigenvalue weighted by Gasteiger charge is 2.16. The summed E-state index contributed by atoms with van der Waals surface area (Å²) in [6.07, 6.45) is 1.82. The molecule has 2 rings (SSSR count). The van der Waals surface area contributed by atoms with Crippen LogP contribution in [0.15, 0.2) is 34.2 Å². The molecular formula is C18H25N5O3S. The largest absolute Gasteiger partial charge is 0.343 e. The van der Waals surface area contributed by atoms with Crippen LogP contribution in [0.2, 0.25) is 0 Å². The first-order chi connectivity index (χ1) is 12.9. The zero-order valence-electron chi connectivity index (χ0n) is 15.8. The first-order valence-corrected chi connectivity index (χ1v) is 9.77. The Morgan fingerprint density at radius 2 is 2.00 bits per heavy atom. The molecule has 0 bridgehead atoms. The number of unbranched alkanes of at least 4 members (excludes halogenated alkanes) is 1. The number of aromatic nitrogens is 3. The molecule has 146 valence electrons. The summed E-state index contributed by atoms with van der Waals surface area (Å²) in [4.78, 5) is 37.5. The normalized spacial score (nSPS) is 10.6. The Morgan fingerprint density at radius 3 is 2.67 bits per heavy atom. The molecule has 0 radical (unpaired) electrons. The zero-order chi connectivity index (χ0) is 19.8. The van der Waals surface area contributed by atoms with Gasteiger partial charge < -0.3 is 10.2 Å². The lowest BCUT2D eigenvalue weighted by molar-refractivity contribution is -0.131. The monoisotopic (exact) mass is 391 g/mol. The molecule has 2 aromatic rings. The van der Waals surface area contributed by atoms with Crippen molar-refractivity contribution in [2.45, 2.75) is 38.4 Å². The molecule has 9 heteroatoms. The van der Waals surface area contributed by atoms with Crippen molar-refractivity contribution in [1.82, 2.24) is 19.7 Å². The lowest BCUT2D eigenvalue weighted by Gasteiger charge is -2.16. The van der Waals surface area contributed by atoms with E-state index in [9.17, 15) is 14.4 Å². The molecule has 0 spiro atoms. The van der Waals surface area contributed by atoms with E-state index in [1.54, 1.807) is 7.05 Å². The lowest BCUT2D eigenvalue weighted by Crippen LogP contribution is -2.36. The number of thioether (sulfide) groups is 1. The predicted octanol–water partition coefficient (Wildman–Crippen LogP) is 1.87. The molecular weight excluding hydrogens is 366 g/mol. The molecule has 0 aliphatic rings. The van der Waals surface area contributed by atoms with Gasteiger partial charge in [-0.15, -0.1) is 5.10 Å². The number of nitrogens with zero attached hydrogens (tertiary/aromatic N) is 3. The van der Waals surface area contributed by atoms with Gasteiger partial charge in [0.05, 0.1) is 12.3 Å². The number of nitrogens with one attached hydrogen (secondary N) is 2. The van der Waals surface area contributed by atoms with Gasteiger partial charge in [-0.05, 0) is 25.5 Å². The summed E-state index contributed by atoms with van der Waals surface area (Å²) in [5, 5.41) is 9.62. The van der Waals surface area contributed by atoms with Gasteiger partial charge in [0.25, 0.3) is 0 Å². The van der Waals surface area contributed by atoms with E-state index >= 15 is 0 Å². The SMILES string of the molecule is CCCCn1c(SCC(=O)N(C)CC(=O)Nc2ccc(C)cc2)n[nH]c1=O. The topological polar surface area (TPSA) is 100 Å². The fraction of sp³-hybridized carbons (Fsp3) is 0.444. The Hall–Kier alpha value is -2.55. The first kappa shape index (κ1) is 20.8. The maximum absolute atomic E-state index is 12.3. The van der Waals surface area contributed by atoms with E-state index in [1.807, 2.05) is 38.1 Å². The van der Waals surface area contributed by atoms with E-state index in [-0.39, 0.29) is 29.8 Å². The molecule has 1 heterocycles. The molecule has 27 heavy (non-hydrogen) atoms. The van der Waals surface area contributed by atoms with Gasteiger partial charge in [-0.2, -0.15) is 0 Å². The molecule has 8 nitrogen and oxygen atoms in total. The van der Waals surface area contributed by atoms with Gasteiger partial charge in [-0.1, -0.05) is 42.8 Å². The Balaban J connectivity index is 1.84. The number of carbonyl (C=O) groups is 2. The van der Waals surface area contributed by atoms with Crippen LogP contribution in [0.25, 0.3) is 0 Å². The Kier molecular flexibility index (Phi) is 7.66. The summed E-state index contributed by atoms with van der Waals surface area (Å²) >= 11 is 1.19. The minimum atomic E-state index is -0.274. The molecule has 0 aliphatic heterocycles. The molecule has 2 amide bonds. The number of carbonyl (C=O) groups excluding carboxylic acids is 2. The van der Waals surface area contributed by atoms with Crippen LogP contribution in [0.5, 0.6) is 0 Å². The number of aromatic amines is 1. The fourth-order valence-electron chi connectivity index (χ4n) is 2.30. The van der Waals surface area contributed by atoms with Crippen molar-refractivity contribution in [2.24, 2.45) is 0 Å².